The summed E-state index contributed by atoms with van der Waals surface area (Å²) in [7, 11) is 0. The summed E-state index contributed by atoms with van der Waals surface area (Å²) in [5.74, 6) is 0.0346. The molecule has 21 heavy (non-hydrogen) atoms. The Hall–Kier alpha value is -1.06. The maximum Gasteiger partial charge on any atom is 0.251 e. The van der Waals surface area contributed by atoms with Gasteiger partial charge in [-0.2, -0.15) is 0 Å². The largest absolute Gasteiger partial charge is 0.378 e. The zero-order valence-electron chi connectivity index (χ0n) is 12.2. The van der Waals surface area contributed by atoms with Gasteiger partial charge in [0.2, 0.25) is 0 Å². The molecule has 2 unspecified atom stereocenters. The zero-order chi connectivity index (χ0) is 14.7. The van der Waals surface area contributed by atoms with Crippen molar-refractivity contribution in [2.24, 2.45) is 0 Å². The highest BCUT2D eigenvalue weighted by Crippen LogP contribution is 2.30. The molecule has 1 saturated heterocycles. The van der Waals surface area contributed by atoms with E-state index in [1.807, 2.05) is 6.07 Å². The topological polar surface area (TPSA) is 38.3 Å². The molecule has 0 radical (unpaired) electrons. The molecule has 3 nitrogen and oxygen atoms in total. The van der Waals surface area contributed by atoms with E-state index in [0.29, 0.717) is 6.10 Å². The van der Waals surface area contributed by atoms with Crippen LogP contribution in [0.3, 0.4) is 0 Å². The Bertz CT molecular complexity index is 512. The van der Waals surface area contributed by atoms with Crippen LogP contribution in [0.4, 0.5) is 0 Å². The third kappa shape index (κ3) is 3.58. The second-order valence-electron chi connectivity index (χ2n) is 5.96. The molecule has 2 aliphatic rings. The monoisotopic (exact) mass is 307 g/mol. The predicted octanol–water partition coefficient (Wildman–Crippen LogP) is 3.60. The number of halogens is 1. The van der Waals surface area contributed by atoms with E-state index in [1.54, 1.807) is 0 Å². The van der Waals surface area contributed by atoms with Crippen molar-refractivity contribution in [2.45, 2.75) is 50.0 Å². The Morgan fingerprint density at radius 3 is 3.10 bits per heavy atom. The van der Waals surface area contributed by atoms with E-state index in [0.717, 1.165) is 68.4 Å². The number of carbonyl (C=O) groups excluding carboxylic acids is 1. The Balaban J connectivity index is 1.68. The second-order valence-corrected chi connectivity index (χ2v) is 6.48. The lowest BCUT2D eigenvalue weighted by Crippen LogP contribution is -2.22. The van der Waals surface area contributed by atoms with Gasteiger partial charge in [0.25, 0.3) is 5.91 Å². The normalized spacial score (nSPS) is 23.3. The molecule has 1 aromatic rings. The third-order valence-corrected chi connectivity index (χ3v) is 4.88. The zero-order valence-corrected chi connectivity index (χ0v) is 13.0. The molecule has 0 bridgehead atoms. The number of carbonyl (C=O) groups is 1. The molecule has 1 fully saturated rings. The molecule has 1 N–H and O–H groups in total. The van der Waals surface area contributed by atoms with Crippen LogP contribution in [0.1, 0.15) is 59.0 Å². The van der Waals surface area contributed by atoms with Crippen LogP contribution in [-0.4, -0.2) is 25.2 Å². The lowest BCUT2D eigenvalue weighted by Gasteiger charge is -2.15. The summed E-state index contributed by atoms with van der Waals surface area (Å²) in [6.45, 7) is 1.64. The summed E-state index contributed by atoms with van der Waals surface area (Å²) >= 11 is 6.53. The minimum absolute atomic E-state index is 0.0346. The van der Waals surface area contributed by atoms with Crippen molar-refractivity contribution in [1.82, 2.24) is 5.32 Å². The third-order valence-electron chi connectivity index (χ3n) is 4.41. The lowest BCUT2D eigenvalue weighted by molar-refractivity contribution is 0.0955. The quantitative estimate of drug-likeness (QED) is 0.863. The van der Waals surface area contributed by atoms with Gasteiger partial charge in [-0.3, -0.25) is 4.79 Å². The molecular weight excluding hydrogens is 286 g/mol. The number of hydrogen-bond donors (Lipinski definition) is 1. The molecule has 2 aliphatic heterocycles. The van der Waals surface area contributed by atoms with E-state index in [4.69, 9.17) is 16.3 Å². The minimum Gasteiger partial charge on any atom is -0.378 e. The fraction of sp³-hybridized carbons (Fsp3) is 0.588. The number of aryl methyl sites for hydroxylation is 1. The van der Waals surface area contributed by atoms with Crippen LogP contribution in [-0.2, 0) is 11.2 Å². The molecule has 0 saturated carbocycles. The van der Waals surface area contributed by atoms with Gasteiger partial charge in [0.1, 0.15) is 0 Å². The maximum atomic E-state index is 12.1. The summed E-state index contributed by atoms with van der Waals surface area (Å²) in [5.41, 5.74) is 2.98. The highest BCUT2D eigenvalue weighted by molar-refractivity contribution is 6.20. The van der Waals surface area contributed by atoms with E-state index in [1.165, 1.54) is 0 Å². The molecule has 2 atom stereocenters. The summed E-state index contributed by atoms with van der Waals surface area (Å²) in [4.78, 5) is 12.1. The van der Waals surface area contributed by atoms with Crippen LogP contribution in [0.2, 0.25) is 0 Å². The van der Waals surface area contributed by atoms with Crippen molar-refractivity contribution in [3.63, 3.8) is 0 Å². The number of fused-ring (bicyclic) bond motifs is 1. The van der Waals surface area contributed by atoms with E-state index in [-0.39, 0.29) is 11.3 Å². The molecule has 1 aromatic carbocycles. The van der Waals surface area contributed by atoms with E-state index in [9.17, 15) is 4.79 Å². The summed E-state index contributed by atoms with van der Waals surface area (Å²) in [6.07, 6.45) is 6.53. The summed E-state index contributed by atoms with van der Waals surface area (Å²) < 4.78 is 5.64. The van der Waals surface area contributed by atoms with Gasteiger partial charge in [-0.05, 0) is 55.7 Å². The van der Waals surface area contributed by atoms with Gasteiger partial charge >= 0.3 is 0 Å². The number of benzene rings is 1. The van der Waals surface area contributed by atoms with E-state index >= 15 is 0 Å². The van der Waals surface area contributed by atoms with Gasteiger partial charge in [-0.25, -0.2) is 0 Å². The van der Waals surface area contributed by atoms with Crippen molar-refractivity contribution < 1.29 is 9.53 Å². The fourth-order valence-corrected chi connectivity index (χ4v) is 3.43. The van der Waals surface area contributed by atoms with Gasteiger partial charge < -0.3 is 10.1 Å². The molecule has 4 heteroatoms. The van der Waals surface area contributed by atoms with Crippen molar-refractivity contribution >= 4 is 17.5 Å². The van der Waals surface area contributed by atoms with Crippen LogP contribution in [0, 0.1) is 0 Å². The molecule has 2 heterocycles. The van der Waals surface area contributed by atoms with Crippen molar-refractivity contribution in [3.05, 3.63) is 34.9 Å². The van der Waals surface area contributed by atoms with Crippen LogP contribution in [0.15, 0.2) is 18.2 Å². The van der Waals surface area contributed by atoms with Crippen LogP contribution < -0.4 is 5.32 Å². The number of nitrogens with one attached hydrogen (secondary N) is 1. The van der Waals surface area contributed by atoms with Crippen molar-refractivity contribution in [2.75, 3.05) is 13.2 Å². The molecule has 0 spiro atoms. The smallest absolute Gasteiger partial charge is 0.251 e. The van der Waals surface area contributed by atoms with Crippen LogP contribution in [0.25, 0.3) is 0 Å². The number of rotatable bonds is 4. The SMILES string of the molecule is O=C1NCCCc2ccc(C(Cl)CCC3CCCO3)cc21. The number of hydrogen-bond acceptors (Lipinski definition) is 2. The highest BCUT2D eigenvalue weighted by atomic mass is 35.5. The summed E-state index contributed by atoms with van der Waals surface area (Å²) in [5, 5.41) is 2.90. The number of amides is 1. The Morgan fingerprint density at radius 1 is 1.38 bits per heavy atom. The van der Waals surface area contributed by atoms with E-state index in [2.05, 4.69) is 17.4 Å². The first kappa shape index (κ1) is 14.9. The van der Waals surface area contributed by atoms with Crippen molar-refractivity contribution in [3.8, 4) is 0 Å². The van der Waals surface area contributed by atoms with Gasteiger partial charge in [0.05, 0.1) is 11.5 Å². The van der Waals surface area contributed by atoms with Gasteiger partial charge in [-0.1, -0.05) is 12.1 Å². The first-order valence-corrected chi connectivity index (χ1v) is 8.34. The average molecular weight is 308 g/mol. The standard InChI is InChI=1S/C17H22ClNO2/c18-16(8-7-14-4-2-10-21-14)13-6-5-12-3-1-9-19-17(20)15(12)11-13/h5-6,11,14,16H,1-4,7-10H2,(H,19,20). The Morgan fingerprint density at radius 2 is 2.29 bits per heavy atom. The molecule has 1 amide bonds. The van der Waals surface area contributed by atoms with E-state index < -0.39 is 0 Å². The molecule has 0 aromatic heterocycles. The molecule has 3 rings (SSSR count). The highest BCUT2D eigenvalue weighted by Gasteiger charge is 2.20. The first-order chi connectivity index (χ1) is 10.2. The molecule has 114 valence electrons. The number of ether oxygens (including phenoxy) is 1. The van der Waals surface area contributed by atoms with Gasteiger partial charge in [-0.15, -0.1) is 11.6 Å². The van der Waals surface area contributed by atoms with Gasteiger partial charge in [0.15, 0.2) is 0 Å². The second kappa shape index (κ2) is 6.80. The van der Waals surface area contributed by atoms with Crippen molar-refractivity contribution in [1.29, 1.82) is 0 Å². The lowest BCUT2D eigenvalue weighted by atomic mass is 9.97. The number of alkyl halides is 1. The maximum absolute atomic E-state index is 12.1. The first-order valence-electron chi connectivity index (χ1n) is 7.91. The fourth-order valence-electron chi connectivity index (χ4n) is 3.17. The summed E-state index contributed by atoms with van der Waals surface area (Å²) in [6, 6.07) is 6.12. The van der Waals surface area contributed by atoms with Crippen LogP contribution >= 0.6 is 11.6 Å². The Kier molecular flexibility index (Phi) is 4.81. The van der Waals surface area contributed by atoms with Crippen LogP contribution in [0.5, 0.6) is 0 Å². The minimum atomic E-state index is -0.0458. The molecule has 0 aliphatic carbocycles. The predicted molar refractivity (Wildman–Crippen MR) is 83.9 cm³/mol. The van der Waals surface area contributed by atoms with Gasteiger partial charge in [0, 0.05) is 18.7 Å². The molecular formula is C17H22ClNO2. The Labute approximate surface area is 131 Å². The average Bonchev–Trinajstić information content (AvgIpc) is 2.95.